The van der Waals surface area contributed by atoms with E-state index in [9.17, 15) is 0 Å². The number of hydrogen-bond donors (Lipinski definition) is 0. The van der Waals surface area contributed by atoms with Gasteiger partial charge in [-0.15, -0.1) is 0 Å². The van der Waals surface area contributed by atoms with Gasteiger partial charge in [0.1, 0.15) is 40.1 Å². The lowest BCUT2D eigenvalue weighted by Crippen LogP contribution is -2.61. The predicted octanol–water partition coefficient (Wildman–Crippen LogP) is 9.05. The van der Waals surface area contributed by atoms with Crippen molar-refractivity contribution in [2.75, 3.05) is 4.90 Å². The molecule has 9 heteroatoms. The highest BCUT2D eigenvalue weighted by Gasteiger charge is 2.48. The molecule has 0 saturated carbocycles. The van der Waals surface area contributed by atoms with Gasteiger partial charge >= 0.3 is 0 Å². The minimum atomic E-state index is -2.39. The average molecular weight is 751 g/mol. The summed E-state index contributed by atoms with van der Waals surface area (Å²) >= 11 is 0. The SMILES string of the molecule is [2H]C([2H])([2H])[n+]1[c-]n(-c2cccc(Oc3cccc(-n4c5cc6c7c(c5c5cccnc54)Oc4cccc5c4B7c4c(cccc4N5c4ccccc4)O6)c3)c2)c2ccccc21. The minimum Gasteiger partial charge on any atom is -0.458 e. The molecule has 3 aliphatic heterocycles. The molecule has 0 spiro atoms. The highest BCUT2D eigenvalue weighted by Crippen LogP contribution is 2.49. The summed E-state index contributed by atoms with van der Waals surface area (Å²) in [7, 11) is 0. The molecule has 0 fully saturated rings. The van der Waals surface area contributed by atoms with Crippen LogP contribution in [0.3, 0.4) is 0 Å². The first-order valence-electron chi connectivity index (χ1n) is 20.7. The first kappa shape index (κ1) is 28.6. The van der Waals surface area contributed by atoms with Crippen molar-refractivity contribution in [3.05, 3.63) is 170 Å². The number of ether oxygens (including phenoxy) is 3. The highest BCUT2D eigenvalue weighted by molar-refractivity contribution is 7.00. The van der Waals surface area contributed by atoms with Crippen LogP contribution in [0.15, 0.2) is 164 Å². The van der Waals surface area contributed by atoms with Gasteiger partial charge in [-0.2, -0.15) is 0 Å². The van der Waals surface area contributed by atoms with Crippen LogP contribution in [-0.4, -0.2) is 20.8 Å². The predicted molar refractivity (Wildman–Crippen MR) is 228 cm³/mol. The van der Waals surface area contributed by atoms with Crippen molar-refractivity contribution in [3.63, 3.8) is 0 Å². The third-order valence-electron chi connectivity index (χ3n) is 11.6. The van der Waals surface area contributed by atoms with Crippen molar-refractivity contribution in [1.82, 2.24) is 14.1 Å². The van der Waals surface area contributed by atoms with Crippen LogP contribution >= 0.6 is 0 Å². The standard InChI is InChI=1S/C49H30BN5O3/c1-52-29-53(37-20-6-5-19-36(37)52)31-14-7-16-33(26-31)56-34-17-8-15-32(27-34)55-40-28-43-47-48(44(40)35-18-11-25-51-49(35)55)58-42-24-10-22-39-46(42)50(47)45-38(21-9-23-41(45)57-43)54(39)30-12-3-2-4-13-30/h2-28H,1H3/i1D3. The van der Waals surface area contributed by atoms with Crippen molar-refractivity contribution in [2.24, 2.45) is 6.98 Å². The number of pyridine rings is 1. The van der Waals surface area contributed by atoms with Crippen LogP contribution in [0.25, 0.3) is 44.3 Å². The molecule has 3 aliphatic rings. The Hall–Kier alpha value is -7.78. The summed E-state index contributed by atoms with van der Waals surface area (Å²) in [5.74, 6) is 4.34. The Kier molecular flexibility index (Phi) is 5.73. The van der Waals surface area contributed by atoms with Gasteiger partial charge in [-0.25, -0.2) is 4.98 Å². The third kappa shape index (κ3) is 4.30. The van der Waals surface area contributed by atoms with Crippen LogP contribution in [0, 0.1) is 6.33 Å². The maximum absolute atomic E-state index is 8.09. The third-order valence-corrected chi connectivity index (χ3v) is 11.6. The van der Waals surface area contributed by atoms with Crippen molar-refractivity contribution in [3.8, 4) is 45.9 Å². The zero-order chi connectivity index (χ0) is 40.6. The quantitative estimate of drug-likeness (QED) is 0.0999. The Balaban J connectivity index is 0.948. The Labute approximate surface area is 337 Å². The maximum atomic E-state index is 8.09. The summed E-state index contributed by atoms with van der Waals surface area (Å²) in [6.45, 7) is -2.49. The Bertz CT molecular complexity index is 3470. The van der Waals surface area contributed by atoms with Gasteiger partial charge in [-0.3, -0.25) is 4.57 Å². The van der Waals surface area contributed by atoms with Crippen LogP contribution in [0.2, 0.25) is 0 Å². The number of anilines is 3. The van der Waals surface area contributed by atoms with Gasteiger partial charge in [-0.05, 0) is 83.7 Å². The summed E-state index contributed by atoms with van der Waals surface area (Å²) in [6.07, 6.45) is 4.86. The molecule has 0 unspecified atom stereocenters. The summed E-state index contributed by atoms with van der Waals surface area (Å²) in [4.78, 5) is 7.27. The van der Waals surface area contributed by atoms with Crippen molar-refractivity contribution < 1.29 is 22.9 Å². The van der Waals surface area contributed by atoms with Gasteiger partial charge in [0.2, 0.25) is 6.33 Å². The molecule has 0 bridgehead atoms. The number of rotatable bonds is 5. The topological polar surface area (TPSA) is 57.6 Å². The lowest BCUT2D eigenvalue weighted by Gasteiger charge is -2.42. The fourth-order valence-corrected chi connectivity index (χ4v) is 9.30. The molecule has 13 rings (SSSR count). The highest BCUT2D eigenvalue weighted by atomic mass is 16.5. The molecular weight excluding hydrogens is 717 g/mol. The fraction of sp³-hybridized carbons (Fsp3) is 0.0204. The van der Waals surface area contributed by atoms with Crippen LogP contribution in [-0.2, 0) is 6.98 Å². The van der Waals surface area contributed by atoms with Gasteiger partial charge in [0.15, 0.2) is 0 Å². The molecule has 7 aromatic carbocycles. The molecule has 0 atom stereocenters. The van der Waals surface area contributed by atoms with E-state index in [0.29, 0.717) is 22.7 Å². The molecule has 58 heavy (non-hydrogen) atoms. The van der Waals surface area contributed by atoms with Gasteiger partial charge in [-0.1, -0.05) is 72.8 Å². The molecule has 10 aromatic rings. The number of nitrogens with zero attached hydrogens (tertiary/aromatic N) is 5. The van der Waals surface area contributed by atoms with Gasteiger partial charge in [0.05, 0.1) is 44.4 Å². The van der Waals surface area contributed by atoms with Gasteiger partial charge < -0.3 is 28.2 Å². The number of fused-ring (bicyclic) bond motifs is 5. The van der Waals surface area contributed by atoms with Crippen LogP contribution < -0.4 is 40.1 Å². The van der Waals surface area contributed by atoms with E-state index in [1.165, 1.54) is 4.57 Å². The number of hydrogen-bond acceptors (Lipinski definition) is 5. The Morgan fingerprint density at radius 1 is 0.638 bits per heavy atom. The molecule has 0 radical (unpaired) electrons. The van der Waals surface area contributed by atoms with Crippen molar-refractivity contribution in [1.29, 1.82) is 0 Å². The van der Waals surface area contributed by atoms with Crippen LogP contribution in [0.5, 0.6) is 34.5 Å². The first-order chi connectivity index (χ1) is 29.9. The Morgan fingerprint density at radius 2 is 1.34 bits per heavy atom. The van der Waals surface area contributed by atoms with Crippen molar-refractivity contribution >= 4 is 73.1 Å². The molecule has 0 saturated heterocycles. The second-order valence-corrected chi connectivity index (χ2v) is 14.8. The van der Waals surface area contributed by atoms with Crippen molar-refractivity contribution in [2.45, 2.75) is 0 Å². The smallest absolute Gasteiger partial charge is 0.266 e. The molecule has 8 nitrogen and oxygen atoms in total. The molecule has 0 amide bonds. The van der Waals surface area contributed by atoms with E-state index in [2.05, 4.69) is 88.6 Å². The van der Waals surface area contributed by atoms with Gasteiger partial charge in [0, 0.05) is 46.2 Å². The Morgan fingerprint density at radius 3 is 2.16 bits per heavy atom. The largest absolute Gasteiger partial charge is 0.458 e. The van der Waals surface area contributed by atoms with Crippen LogP contribution in [0.4, 0.5) is 17.1 Å². The van der Waals surface area contributed by atoms with E-state index >= 15 is 0 Å². The molecule has 3 aromatic heterocycles. The van der Waals surface area contributed by atoms with E-state index < -0.39 is 6.98 Å². The zero-order valence-corrected chi connectivity index (χ0v) is 30.6. The summed E-state index contributed by atoms with van der Waals surface area (Å²) < 4.78 is 49.9. The minimum absolute atomic E-state index is 0.0994. The van der Waals surface area contributed by atoms with Crippen LogP contribution in [0.1, 0.15) is 4.11 Å². The lowest BCUT2D eigenvalue weighted by molar-refractivity contribution is -0.649. The maximum Gasteiger partial charge on any atom is 0.266 e. The summed E-state index contributed by atoms with van der Waals surface area (Å²) in [5, 5.41) is 1.91. The molecule has 0 aliphatic carbocycles. The zero-order valence-electron chi connectivity index (χ0n) is 33.6. The average Bonchev–Trinajstić information content (AvgIpc) is 3.84. The van der Waals surface area contributed by atoms with Gasteiger partial charge in [0.25, 0.3) is 6.71 Å². The molecule has 272 valence electrons. The fourth-order valence-electron chi connectivity index (χ4n) is 9.30. The second-order valence-electron chi connectivity index (χ2n) is 14.8. The first-order valence-corrected chi connectivity index (χ1v) is 19.2. The van der Waals surface area contributed by atoms with E-state index in [4.69, 9.17) is 23.3 Å². The van der Waals surface area contributed by atoms with E-state index in [1.807, 2.05) is 85.1 Å². The van der Waals surface area contributed by atoms with E-state index in [1.54, 1.807) is 10.6 Å². The summed E-state index contributed by atoms with van der Waals surface area (Å²) in [6, 6.07) is 52.1. The molecular formula is C49H30BN5O3. The normalized spacial score (nSPS) is 14.1. The van der Waals surface area contributed by atoms with E-state index in [-0.39, 0.29) is 6.71 Å². The monoisotopic (exact) mass is 750 g/mol. The lowest BCUT2D eigenvalue weighted by atomic mass is 9.33. The number of imidazole rings is 1. The summed E-state index contributed by atoms with van der Waals surface area (Å²) in [5.41, 5.74) is 11.0. The molecule has 6 heterocycles. The number of aromatic nitrogens is 4. The number of para-hydroxylation sites is 3. The molecule has 0 N–H and O–H groups in total. The number of benzene rings is 7. The second kappa shape index (κ2) is 11.6. The number of aryl methyl sites for hydroxylation is 1. The van der Waals surface area contributed by atoms with E-state index in [0.717, 1.165) is 89.6 Å².